The number of ketones is 1. The predicted molar refractivity (Wildman–Crippen MR) is 123 cm³/mol. The summed E-state index contributed by atoms with van der Waals surface area (Å²) < 4.78 is 39.1. The average Bonchev–Trinajstić information content (AvgIpc) is 3.13. The highest BCUT2D eigenvalue weighted by atomic mass is 19.4. The molecule has 2 aromatic carbocycles. The molecule has 1 aliphatic rings. The van der Waals surface area contributed by atoms with Gasteiger partial charge in [-0.15, -0.1) is 0 Å². The van der Waals surface area contributed by atoms with Gasteiger partial charge in [0.05, 0.1) is 5.56 Å². The number of benzene rings is 2. The largest absolute Gasteiger partial charge is 0.416 e. The number of carbonyl (C=O) groups excluding carboxylic acids is 1. The molecule has 33 heavy (non-hydrogen) atoms. The first-order chi connectivity index (χ1) is 15.8. The van der Waals surface area contributed by atoms with Crippen LogP contribution in [0.5, 0.6) is 0 Å². The molecule has 1 heterocycles. The van der Waals surface area contributed by atoms with Gasteiger partial charge >= 0.3 is 6.18 Å². The van der Waals surface area contributed by atoms with Gasteiger partial charge in [-0.25, -0.2) is 4.98 Å². The summed E-state index contributed by atoms with van der Waals surface area (Å²) in [6, 6.07) is 14.9. The number of hydrogen-bond donors (Lipinski definition) is 1. The summed E-state index contributed by atoms with van der Waals surface area (Å²) in [6.07, 6.45) is 2.68. The lowest BCUT2D eigenvalue weighted by atomic mass is 9.84. The first-order valence-electron chi connectivity index (χ1n) is 11.6. The number of aromatic nitrogens is 2. The predicted octanol–water partition coefficient (Wildman–Crippen LogP) is 7.35. The fourth-order valence-corrected chi connectivity index (χ4v) is 4.97. The van der Waals surface area contributed by atoms with E-state index in [2.05, 4.69) is 16.9 Å². The van der Waals surface area contributed by atoms with Gasteiger partial charge in [0, 0.05) is 28.9 Å². The summed E-state index contributed by atoms with van der Waals surface area (Å²) >= 11 is 0. The number of Topliss-reactive ketones (excluding diaryl/α,β-unsaturated/α-hetero) is 1. The van der Waals surface area contributed by atoms with Crippen molar-refractivity contribution in [3.05, 3.63) is 77.6 Å². The molecule has 174 valence electrons. The number of nitrogens with one attached hydrogen (secondary N) is 1. The van der Waals surface area contributed by atoms with Crippen LogP contribution in [0.15, 0.2) is 60.8 Å². The Morgan fingerprint density at radius 1 is 1.06 bits per heavy atom. The van der Waals surface area contributed by atoms with E-state index in [1.807, 2.05) is 36.5 Å². The zero-order valence-corrected chi connectivity index (χ0v) is 18.7. The van der Waals surface area contributed by atoms with Gasteiger partial charge < -0.3 is 4.98 Å². The van der Waals surface area contributed by atoms with E-state index >= 15 is 0 Å². The molecular formula is C27H29F3N2O. The smallest absolute Gasteiger partial charge is 0.342 e. The lowest BCUT2D eigenvalue weighted by Gasteiger charge is -2.22. The third-order valence-corrected chi connectivity index (χ3v) is 6.88. The second-order valence-corrected chi connectivity index (χ2v) is 9.21. The molecule has 3 atom stereocenters. The van der Waals surface area contributed by atoms with E-state index in [4.69, 9.17) is 0 Å². The highest BCUT2D eigenvalue weighted by Gasteiger charge is 2.32. The summed E-state index contributed by atoms with van der Waals surface area (Å²) in [5.41, 5.74) is 1.57. The van der Waals surface area contributed by atoms with E-state index in [-0.39, 0.29) is 17.3 Å². The first kappa shape index (κ1) is 23.3. The molecule has 0 amide bonds. The van der Waals surface area contributed by atoms with Crippen molar-refractivity contribution >= 4 is 5.78 Å². The lowest BCUT2D eigenvalue weighted by molar-refractivity contribution is -0.137. The Hall–Kier alpha value is -2.89. The van der Waals surface area contributed by atoms with Crippen molar-refractivity contribution in [2.45, 2.75) is 51.6 Å². The van der Waals surface area contributed by atoms with E-state index in [0.717, 1.165) is 67.7 Å². The fourth-order valence-electron chi connectivity index (χ4n) is 4.97. The zero-order chi connectivity index (χ0) is 23.4. The second-order valence-electron chi connectivity index (χ2n) is 9.21. The minimum absolute atomic E-state index is 0.157. The second kappa shape index (κ2) is 9.94. The Morgan fingerprint density at radius 3 is 2.61 bits per heavy atom. The quantitative estimate of drug-likeness (QED) is 0.313. The third-order valence-electron chi connectivity index (χ3n) is 6.88. The summed E-state index contributed by atoms with van der Waals surface area (Å²) in [6.45, 7) is 2.24. The Bertz CT molecular complexity index is 1070. The normalized spacial score (nSPS) is 20.2. The molecule has 3 nitrogen and oxygen atoms in total. The fraction of sp³-hybridized carbons (Fsp3) is 0.407. The molecule has 0 aliphatic heterocycles. The molecule has 4 rings (SSSR count). The van der Waals surface area contributed by atoms with Crippen LogP contribution >= 0.6 is 0 Å². The number of hydrogen-bond acceptors (Lipinski definition) is 2. The summed E-state index contributed by atoms with van der Waals surface area (Å²) in [4.78, 5) is 20.9. The van der Waals surface area contributed by atoms with E-state index in [9.17, 15) is 18.0 Å². The van der Waals surface area contributed by atoms with Crippen molar-refractivity contribution in [3.8, 4) is 11.4 Å². The van der Waals surface area contributed by atoms with Crippen molar-refractivity contribution in [2.75, 3.05) is 0 Å². The number of aromatic amines is 1. The monoisotopic (exact) mass is 454 g/mol. The van der Waals surface area contributed by atoms with E-state index in [1.54, 1.807) is 0 Å². The number of nitrogens with zero attached hydrogens (tertiary/aromatic N) is 1. The molecule has 6 heteroatoms. The van der Waals surface area contributed by atoms with E-state index in [0.29, 0.717) is 11.8 Å². The molecule has 0 radical (unpaired) electrons. The Kier molecular flexibility index (Phi) is 7.01. The molecule has 3 unspecified atom stereocenters. The number of rotatable bonds is 6. The van der Waals surface area contributed by atoms with Gasteiger partial charge in [-0.2, -0.15) is 13.2 Å². The number of alkyl halides is 3. The maximum atomic E-state index is 13.0. The molecular weight excluding hydrogens is 425 g/mol. The van der Waals surface area contributed by atoms with Crippen LogP contribution in [0.3, 0.4) is 0 Å². The standard InChI is InChI=1S/C27H29F3N2O/c1-18(15-24-17-31-26(32-24)21-7-3-2-4-8-21)19-9-5-10-20(14-13-19)25(33)22-11-6-12-23(16-22)27(28,29)30/h2-4,6-8,11-12,16-20H,5,9-10,13-15H2,1H3,(H,31,32). The highest BCUT2D eigenvalue weighted by Crippen LogP contribution is 2.36. The minimum Gasteiger partial charge on any atom is -0.342 e. The lowest BCUT2D eigenvalue weighted by Crippen LogP contribution is -2.17. The first-order valence-corrected chi connectivity index (χ1v) is 11.6. The summed E-state index contributed by atoms with van der Waals surface area (Å²) in [7, 11) is 0. The highest BCUT2D eigenvalue weighted by molar-refractivity contribution is 5.98. The van der Waals surface area contributed by atoms with Gasteiger partial charge in [-0.1, -0.05) is 62.2 Å². The number of halogens is 3. The van der Waals surface area contributed by atoms with Crippen LogP contribution in [0.4, 0.5) is 13.2 Å². The molecule has 1 aliphatic carbocycles. The van der Waals surface area contributed by atoms with Crippen LogP contribution in [0.1, 0.15) is 60.6 Å². The van der Waals surface area contributed by atoms with Crippen LogP contribution in [0, 0.1) is 17.8 Å². The maximum Gasteiger partial charge on any atom is 0.416 e. The SMILES string of the molecule is CC(Cc1cnc(-c2ccccc2)[nH]1)C1CCCC(C(=O)c2cccc(C(F)(F)F)c2)CC1. The van der Waals surface area contributed by atoms with E-state index < -0.39 is 11.7 Å². The van der Waals surface area contributed by atoms with Gasteiger partial charge in [0.1, 0.15) is 5.82 Å². The number of carbonyl (C=O) groups is 1. The molecule has 0 saturated heterocycles. The molecule has 1 N–H and O–H groups in total. The Balaban J connectivity index is 1.36. The van der Waals surface area contributed by atoms with Gasteiger partial charge in [0.25, 0.3) is 0 Å². The van der Waals surface area contributed by atoms with Gasteiger partial charge in [-0.3, -0.25) is 4.79 Å². The minimum atomic E-state index is -4.44. The molecule has 0 spiro atoms. The van der Waals surface area contributed by atoms with Crippen LogP contribution < -0.4 is 0 Å². The van der Waals surface area contributed by atoms with Crippen LogP contribution in [-0.2, 0) is 12.6 Å². The third kappa shape index (κ3) is 5.73. The van der Waals surface area contributed by atoms with Gasteiger partial charge in [-0.05, 0) is 49.7 Å². The van der Waals surface area contributed by atoms with Crippen LogP contribution in [0.2, 0.25) is 0 Å². The summed E-state index contributed by atoms with van der Waals surface area (Å²) in [5, 5.41) is 0. The number of imidazole rings is 1. The van der Waals surface area contributed by atoms with Gasteiger partial charge in [0.15, 0.2) is 5.78 Å². The van der Waals surface area contributed by atoms with Crippen molar-refractivity contribution < 1.29 is 18.0 Å². The van der Waals surface area contributed by atoms with E-state index in [1.165, 1.54) is 12.1 Å². The van der Waals surface area contributed by atoms with Crippen molar-refractivity contribution in [2.24, 2.45) is 17.8 Å². The molecule has 1 aromatic heterocycles. The Labute approximate surface area is 192 Å². The summed E-state index contributed by atoms with van der Waals surface area (Å²) in [5.74, 6) is 1.41. The van der Waals surface area contributed by atoms with Crippen molar-refractivity contribution in [1.82, 2.24) is 9.97 Å². The zero-order valence-electron chi connectivity index (χ0n) is 18.7. The maximum absolute atomic E-state index is 13.0. The van der Waals surface area contributed by atoms with Gasteiger partial charge in [0.2, 0.25) is 0 Å². The molecule has 3 aromatic rings. The topological polar surface area (TPSA) is 45.8 Å². The molecule has 1 fully saturated rings. The van der Waals surface area contributed by atoms with Crippen LogP contribution in [-0.4, -0.2) is 15.8 Å². The average molecular weight is 455 g/mol. The van der Waals surface area contributed by atoms with Crippen LogP contribution in [0.25, 0.3) is 11.4 Å². The molecule has 0 bridgehead atoms. The Morgan fingerprint density at radius 2 is 1.85 bits per heavy atom. The van der Waals surface area contributed by atoms with Crippen molar-refractivity contribution in [3.63, 3.8) is 0 Å². The van der Waals surface area contributed by atoms with Crippen molar-refractivity contribution in [1.29, 1.82) is 0 Å². The molecule has 1 saturated carbocycles. The number of H-pyrrole nitrogens is 1.